The summed E-state index contributed by atoms with van der Waals surface area (Å²) in [5.41, 5.74) is 7.08. The molecule has 18 heavy (non-hydrogen) atoms. The standard InChI is InChI=1S/C14H22N2O2/c1-4-12(15)9-11-5-7-13(8-6-11)18-10(2)14(17)16-3/h5-8,10,12H,4,9,15H2,1-3H3,(H,16,17). The second-order valence-corrected chi connectivity index (χ2v) is 4.39. The predicted molar refractivity (Wildman–Crippen MR) is 72.6 cm³/mol. The molecule has 100 valence electrons. The molecule has 4 nitrogen and oxygen atoms in total. The first-order chi connectivity index (χ1) is 8.56. The molecular formula is C14H22N2O2. The van der Waals surface area contributed by atoms with Crippen molar-refractivity contribution in [1.82, 2.24) is 5.32 Å². The Morgan fingerprint density at radius 2 is 2.00 bits per heavy atom. The molecule has 0 aliphatic rings. The van der Waals surface area contributed by atoms with Gasteiger partial charge < -0.3 is 15.8 Å². The number of hydrogen-bond donors (Lipinski definition) is 2. The molecule has 0 saturated carbocycles. The molecule has 0 heterocycles. The quantitative estimate of drug-likeness (QED) is 0.803. The smallest absolute Gasteiger partial charge is 0.260 e. The second kappa shape index (κ2) is 7.01. The Kier molecular flexibility index (Phi) is 5.65. The van der Waals surface area contributed by atoms with Gasteiger partial charge in [0.25, 0.3) is 5.91 Å². The number of likely N-dealkylation sites (N-methyl/N-ethyl adjacent to an activating group) is 1. The Hall–Kier alpha value is -1.55. The van der Waals surface area contributed by atoms with Gasteiger partial charge in [-0.3, -0.25) is 4.79 Å². The SMILES string of the molecule is CCC(N)Cc1ccc(OC(C)C(=O)NC)cc1. The van der Waals surface area contributed by atoms with Gasteiger partial charge in [0.2, 0.25) is 0 Å². The normalized spacial score (nSPS) is 13.8. The Balaban J connectivity index is 2.57. The highest BCUT2D eigenvalue weighted by atomic mass is 16.5. The molecule has 1 rings (SSSR count). The average molecular weight is 250 g/mol. The zero-order valence-corrected chi connectivity index (χ0v) is 11.3. The lowest BCUT2D eigenvalue weighted by atomic mass is 10.0. The van der Waals surface area contributed by atoms with E-state index in [0.717, 1.165) is 12.8 Å². The molecule has 1 amide bonds. The van der Waals surface area contributed by atoms with Crippen LogP contribution in [-0.2, 0) is 11.2 Å². The summed E-state index contributed by atoms with van der Waals surface area (Å²) in [6.07, 6.45) is 1.34. The molecule has 3 N–H and O–H groups in total. The van der Waals surface area contributed by atoms with Crippen LogP contribution in [0.5, 0.6) is 5.75 Å². The number of amides is 1. The summed E-state index contributed by atoms with van der Waals surface area (Å²) >= 11 is 0. The van der Waals surface area contributed by atoms with Crippen LogP contribution in [0.1, 0.15) is 25.8 Å². The fraction of sp³-hybridized carbons (Fsp3) is 0.500. The highest BCUT2D eigenvalue weighted by Gasteiger charge is 2.12. The van der Waals surface area contributed by atoms with Gasteiger partial charge in [0.15, 0.2) is 6.10 Å². The van der Waals surface area contributed by atoms with Gasteiger partial charge in [0.1, 0.15) is 5.75 Å². The minimum atomic E-state index is -0.487. The maximum atomic E-state index is 11.3. The third-order valence-electron chi connectivity index (χ3n) is 2.87. The molecule has 0 aromatic heterocycles. The third-order valence-corrected chi connectivity index (χ3v) is 2.87. The van der Waals surface area contributed by atoms with E-state index in [1.807, 2.05) is 24.3 Å². The largest absolute Gasteiger partial charge is 0.481 e. The van der Waals surface area contributed by atoms with Crippen LogP contribution in [0.15, 0.2) is 24.3 Å². The predicted octanol–water partition coefficient (Wildman–Crippen LogP) is 1.48. The van der Waals surface area contributed by atoms with Gasteiger partial charge in [-0.25, -0.2) is 0 Å². The summed E-state index contributed by atoms with van der Waals surface area (Å²) in [6, 6.07) is 7.92. The van der Waals surface area contributed by atoms with E-state index in [0.29, 0.717) is 5.75 Å². The molecule has 0 bridgehead atoms. The van der Waals surface area contributed by atoms with Crippen molar-refractivity contribution in [2.24, 2.45) is 5.73 Å². The van der Waals surface area contributed by atoms with Crippen molar-refractivity contribution >= 4 is 5.91 Å². The Bertz CT molecular complexity index is 376. The number of rotatable bonds is 6. The average Bonchev–Trinajstić information content (AvgIpc) is 2.39. The molecule has 0 fully saturated rings. The van der Waals surface area contributed by atoms with Crippen molar-refractivity contribution in [3.63, 3.8) is 0 Å². The van der Waals surface area contributed by atoms with Crippen LogP contribution in [-0.4, -0.2) is 25.1 Å². The van der Waals surface area contributed by atoms with E-state index in [2.05, 4.69) is 12.2 Å². The summed E-state index contributed by atoms with van der Waals surface area (Å²) in [5.74, 6) is 0.562. The van der Waals surface area contributed by atoms with Crippen LogP contribution in [0.3, 0.4) is 0 Å². The highest BCUT2D eigenvalue weighted by molar-refractivity contribution is 5.80. The number of carbonyl (C=O) groups excluding carboxylic acids is 1. The van der Waals surface area contributed by atoms with Crippen molar-refractivity contribution in [2.75, 3.05) is 7.05 Å². The number of ether oxygens (including phenoxy) is 1. The first-order valence-electron chi connectivity index (χ1n) is 6.29. The highest BCUT2D eigenvalue weighted by Crippen LogP contribution is 2.15. The van der Waals surface area contributed by atoms with Gasteiger partial charge in [-0.2, -0.15) is 0 Å². The molecular weight excluding hydrogens is 228 g/mol. The van der Waals surface area contributed by atoms with Crippen molar-refractivity contribution < 1.29 is 9.53 Å². The summed E-state index contributed by atoms with van der Waals surface area (Å²) < 4.78 is 5.51. The van der Waals surface area contributed by atoms with Crippen LogP contribution in [0.25, 0.3) is 0 Å². The minimum absolute atomic E-state index is 0.132. The second-order valence-electron chi connectivity index (χ2n) is 4.39. The van der Waals surface area contributed by atoms with Crippen LogP contribution < -0.4 is 15.8 Å². The lowest BCUT2D eigenvalue weighted by Gasteiger charge is -2.14. The third kappa shape index (κ3) is 4.37. The molecule has 0 aliphatic carbocycles. The van der Waals surface area contributed by atoms with Crippen LogP contribution >= 0.6 is 0 Å². The first kappa shape index (κ1) is 14.5. The van der Waals surface area contributed by atoms with Crippen LogP contribution in [0, 0.1) is 0 Å². The van der Waals surface area contributed by atoms with E-state index >= 15 is 0 Å². The molecule has 0 radical (unpaired) electrons. The minimum Gasteiger partial charge on any atom is -0.481 e. The van der Waals surface area contributed by atoms with Crippen molar-refractivity contribution in [3.8, 4) is 5.75 Å². The molecule has 0 spiro atoms. The Labute approximate surface area is 109 Å². The Morgan fingerprint density at radius 3 is 2.50 bits per heavy atom. The van der Waals surface area contributed by atoms with E-state index in [1.165, 1.54) is 5.56 Å². The zero-order valence-electron chi connectivity index (χ0n) is 11.3. The topological polar surface area (TPSA) is 64.3 Å². The number of carbonyl (C=O) groups is 1. The molecule has 2 unspecified atom stereocenters. The summed E-state index contributed by atoms with van der Waals surface area (Å²) in [7, 11) is 1.59. The number of nitrogens with two attached hydrogens (primary N) is 1. The summed E-state index contributed by atoms with van der Waals surface area (Å²) in [6.45, 7) is 3.80. The van der Waals surface area contributed by atoms with Crippen LogP contribution in [0.2, 0.25) is 0 Å². The van der Waals surface area contributed by atoms with Crippen molar-refractivity contribution in [1.29, 1.82) is 0 Å². The molecule has 0 saturated heterocycles. The summed E-state index contributed by atoms with van der Waals surface area (Å²) in [5, 5.41) is 2.55. The van der Waals surface area contributed by atoms with Gasteiger partial charge in [-0.15, -0.1) is 0 Å². The molecule has 1 aromatic carbocycles. The molecule has 0 aliphatic heterocycles. The van der Waals surface area contributed by atoms with Gasteiger partial charge in [0, 0.05) is 13.1 Å². The van der Waals surface area contributed by atoms with Crippen LogP contribution in [0.4, 0.5) is 0 Å². The van der Waals surface area contributed by atoms with Gasteiger partial charge in [0.05, 0.1) is 0 Å². The lowest BCUT2D eigenvalue weighted by molar-refractivity contribution is -0.126. The molecule has 1 aromatic rings. The van der Waals surface area contributed by atoms with E-state index in [-0.39, 0.29) is 11.9 Å². The fourth-order valence-corrected chi connectivity index (χ4v) is 1.61. The van der Waals surface area contributed by atoms with Gasteiger partial charge in [-0.05, 0) is 37.5 Å². The van der Waals surface area contributed by atoms with Gasteiger partial charge in [-0.1, -0.05) is 19.1 Å². The first-order valence-corrected chi connectivity index (χ1v) is 6.29. The maximum absolute atomic E-state index is 11.3. The number of nitrogens with one attached hydrogen (secondary N) is 1. The lowest BCUT2D eigenvalue weighted by Crippen LogP contribution is -2.33. The van der Waals surface area contributed by atoms with Gasteiger partial charge >= 0.3 is 0 Å². The zero-order chi connectivity index (χ0) is 13.5. The van der Waals surface area contributed by atoms with E-state index in [1.54, 1.807) is 14.0 Å². The monoisotopic (exact) mass is 250 g/mol. The molecule has 4 heteroatoms. The molecule has 2 atom stereocenters. The maximum Gasteiger partial charge on any atom is 0.260 e. The Morgan fingerprint density at radius 1 is 1.39 bits per heavy atom. The van der Waals surface area contributed by atoms with Crippen molar-refractivity contribution in [3.05, 3.63) is 29.8 Å². The number of hydrogen-bond acceptors (Lipinski definition) is 3. The van der Waals surface area contributed by atoms with E-state index in [4.69, 9.17) is 10.5 Å². The van der Waals surface area contributed by atoms with E-state index in [9.17, 15) is 4.79 Å². The van der Waals surface area contributed by atoms with E-state index < -0.39 is 6.10 Å². The number of benzene rings is 1. The summed E-state index contributed by atoms with van der Waals surface area (Å²) in [4.78, 5) is 11.3. The fourth-order valence-electron chi connectivity index (χ4n) is 1.61. The van der Waals surface area contributed by atoms with Crippen molar-refractivity contribution in [2.45, 2.75) is 38.8 Å².